The molecule has 1 aliphatic rings. The number of aromatic nitrogens is 3. The van der Waals surface area contributed by atoms with Gasteiger partial charge in [0.2, 0.25) is 0 Å². The molecule has 0 bridgehead atoms. The molecule has 1 aliphatic heterocycles. The zero-order valence-corrected chi connectivity index (χ0v) is 11.1. The summed E-state index contributed by atoms with van der Waals surface area (Å²) < 4.78 is 7.67. The zero-order valence-electron chi connectivity index (χ0n) is 11.1. The first kappa shape index (κ1) is 11.3. The van der Waals surface area contributed by atoms with Gasteiger partial charge in [-0.05, 0) is 12.1 Å². The molecule has 2 aromatic heterocycles. The van der Waals surface area contributed by atoms with E-state index in [4.69, 9.17) is 4.74 Å². The van der Waals surface area contributed by atoms with Crippen LogP contribution < -0.4 is 10.1 Å². The Morgan fingerprint density at radius 3 is 3.10 bits per heavy atom. The number of ether oxygens (including phenoxy) is 1. The molecule has 4 rings (SSSR count). The highest BCUT2D eigenvalue weighted by Crippen LogP contribution is 2.34. The molecule has 1 unspecified atom stereocenters. The fraction of sp³-hybridized carbons (Fsp3) is 0.200. The number of anilines is 1. The molecule has 0 amide bonds. The Morgan fingerprint density at radius 2 is 2.15 bits per heavy atom. The number of aryl methyl sites for hydroxylation is 1. The van der Waals surface area contributed by atoms with Gasteiger partial charge in [0.15, 0.2) is 5.82 Å². The number of pyridine rings is 1. The van der Waals surface area contributed by atoms with Crippen molar-refractivity contribution >= 4 is 16.9 Å². The number of hydrogen-bond acceptors (Lipinski definition) is 4. The normalized spacial score (nSPS) is 16.9. The first-order chi connectivity index (χ1) is 9.83. The monoisotopic (exact) mass is 266 g/mol. The molecule has 5 nitrogen and oxygen atoms in total. The molecule has 1 atom stereocenters. The number of nitrogens with one attached hydrogen (secondary N) is 1. The number of hydrogen-bond donors (Lipinski definition) is 1. The standard InChI is InChI=1S/C15H14N4O/c1-19-9-17-14-12(19)6-7-16-15(14)18-11-8-20-13-5-3-2-4-10(11)13/h2-7,9,11H,8H2,1H3,(H,16,18). The van der Waals surface area contributed by atoms with Crippen molar-refractivity contribution in [1.82, 2.24) is 14.5 Å². The quantitative estimate of drug-likeness (QED) is 0.774. The van der Waals surface area contributed by atoms with Crippen molar-refractivity contribution in [1.29, 1.82) is 0 Å². The topological polar surface area (TPSA) is 52.0 Å². The van der Waals surface area contributed by atoms with Crippen molar-refractivity contribution < 1.29 is 4.74 Å². The third-order valence-electron chi connectivity index (χ3n) is 3.65. The Balaban J connectivity index is 1.72. The van der Waals surface area contributed by atoms with Crippen molar-refractivity contribution in [2.24, 2.45) is 7.05 Å². The van der Waals surface area contributed by atoms with Crippen LogP contribution in [0.2, 0.25) is 0 Å². The summed E-state index contributed by atoms with van der Waals surface area (Å²) in [6.45, 7) is 0.615. The van der Waals surface area contributed by atoms with E-state index in [9.17, 15) is 0 Å². The van der Waals surface area contributed by atoms with E-state index in [1.807, 2.05) is 35.9 Å². The molecule has 1 aromatic carbocycles. The van der Waals surface area contributed by atoms with Crippen LogP contribution in [-0.4, -0.2) is 21.1 Å². The molecule has 3 heterocycles. The van der Waals surface area contributed by atoms with E-state index in [0.717, 1.165) is 22.6 Å². The van der Waals surface area contributed by atoms with Gasteiger partial charge in [0.25, 0.3) is 0 Å². The molecular formula is C15H14N4O. The van der Waals surface area contributed by atoms with Gasteiger partial charge in [0.1, 0.15) is 17.9 Å². The second-order valence-corrected chi connectivity index (χ2v) is 4.93. The van der Waals surface area contributed by atoms with E-state index in [1.54, 1.807) is 12.5 Å². The largest absolute Gasteiger partial charge is 0.491 e. The minimum absolute atomic E-state index is 0.117. The molecule has 20 heavy (non-hydrogen) atoms. The molecular weight excluding hydrogens is 252 g/mol. The highest BCUT2D eigenvalue weighted by Gasteiger charge is 2.24. The lowest BCUT2D eigenvalue weighted by Crippen LogP contribution is -2.13. The number of para-hydroxylation sites is 1. The van der Waals surface area contributed by atoms with E-state index in [1.165, 1.54) is 5.56 Å². The van der Waals surface area contributed by atoms with E-state index in [2.05, 4.69) is 21.4 Å². The Kier molecular flexibility index (Phi) is 2.39. The average molecular weight is 266 g/mol. The number of nitrogens with zero attached hydrogens (tertiary/aromatic N) is 3. The van der Waals surface area contributed by atoms with Crippen LogP contribution >= 0.6 is 0 Å². The van der Waals surface area contributed by atoms with Crippen LogP contribution in [0.5, 0.6) is 5.75 Å². The molecule has 0 fully saturated rings. The lowest BCUT2D eigenvalue weighted by molar-refractivity contribution is 0.339. The van der Waals surface area contributed by atoms with Crippen molar-refractivity contribution in [2.45, 2.75) is 6.04 Å². The number of benzene rings is 1. The molecule has 0 spiro atoms. The van der Waals surface area contributed by atoms with Crippen molar-refractivity contribution in [3.05, 3.63) is 48.4 Å². The zero-order chi connectivity index (χ0) is 13.5. The van der Waals surface area contributed by atoms with Gasteiger partial charge < -0.3 is 14.6 Å². The van der Waals surface area contributed by atoms with Crippen molar-refractivity contribution in [3.8, 4) is 5.75 Å². The molecule has 5 heteroatoms. The average Bonchev–Trinajstić information content (AvgIpc) is 3.05. The van der Waals surface area contributed by atoms with Gasteiger partial charge in [-0.15, -0.1) is 0 Å². The molecule has 0 aliphatic carbocycles. The summed E-state index contributed by atoms with van der Waals surface area (Å²) in [7, 11) is 1.98. The first-order valence-electron chi connectivity index (χ1n) is 6.57. The van der Waals surface area contributed by atoms with Gasteiger partial charge in [-0.2, -0.15) is 0 Å². The molecule has 0 radical (unpaired) electrons. The van der Waals surface area contributed by atoms with Crippen molar-refractivity contribution in [2.75, 3.05) is 11.9 Å². The molecule has 3 aromatic rings. The second kappa shape index (κ2) is 4.23. The van der Waals surface area contributed by atoms with Gasteiger partial charge >= 0.3 is 0 Å². The Labute approximate surface area is 116 Å². The first-order valence-corrected chi connectivity index (χ1v) is 6.57. The van der Waals surface area contributed by atoms with Crippen LogP contribution in [0.1, 0.15) is 11.6 Å². The third kappa shape index (κ3) is 1.63. The predicted molar refractivity (Wildman–Crippen MR) is 76.8 cm³/mol. The van der Waals surface area contributed by atoms with E-state index >= 15 is 0 Å². The van der Waals surface area contributed by atoms with E-state index in [-0.39, 0.29) is 6.04 Å². The fourth-order valence-corrected chi connectivity index (χ4v) is 2.62. The lowest BCUT2D eigenvalue weighted by atomic mass is 10.1. The fourth-order valence-electron chi connectivity index (χ4n) is 2.62. The summed E-state index contributed by atoms with van der Waals surface area (Å²) in [5, 5.41) is 3.44. The third-order valence-corrected chi connectivity index (χ3v) is 3.65. The summed E-state index contributed by atoms with van der Waals surface area (Å²) >= 11 is 0. The lowest BCUT2D eigenvalue weighted by Gasteiger charge is -2.12. The van der Waals surface area contributed by atoms with Crippen LogP contribution in [0.4, 0.5) is 5.82 Å². The Morgan fingerprint density at radius 1 is 1.25 bits per heavy atom. The minimum atomic E-state index is 0.117. The summed E-state index contributed by atoms with van der Waals surface area (Å²) in [6.07, 6.45) is 3.60. The molecule has 0 saturated heterocycles. The smallest absolute Gasteiger partial charge is 0.154 e. The second-order valence-electron chi connectivity index (χ2n) is 4.93. The van der Waals surface area contributed by atoms with Crippen LogP contribution in [0.25, 0.3) is 11.0 Å². The SMILES string of the molecule is Cn1cnc2c(NC3COc4ccccc43)nccc21. The van der Waals surface area contributed by atoms with Crippen LogP contribution in [0, 0.1) is 0 Å². The highest BCUT2D eigenvalue weighted by molar-refractivity contribution is 5.86. The molecule has 0 saturated carbocycles. The summed E-state index contributed by atoms with van der Waals surface area (Å²) in [5.74, 6) is 1.74. The predicted octanol–water partition coefficient (Wildman–Crippen LogP) is 2.51. The number of rotatable bonds is 2. The Bertz CT molecular complexity index is 780. The minimum Gasteiger partial charge on any atom is -0.491 e. The van der Waals surface area contributed by atoms with Gasteiger partial charge in [0.05, 0.1) is 17.9 Å². The van der Waals surface area contributed by atoms with Gasteiger partial charge in [0, 0.05) is 18.8 Å². The van der Waals surface area contributed by atoms with Gasteiger partial charge in [-0.3, -0.25) is 0 Å². The van der Waals surface area contributed by atoms with Crippen LogP contribution in [0.3, 0.4) is 0 Å². The van der Waals surface area contributed by atoms with E-state index in [0.29, 0.717) is 6.61 Å². The maximum atomic E-state index is 5.68. The van der Waals surface area contributed by atoms with Gasteiger partial charge in [-0.25, -0.2) is 9.97 Å². The summed E-state index contributed by atoms with van der Waals surface area (Å²) in [4.78, 5) is 8.83. The summed E-state index contributed by atoms with van der Waals surface area (Å²) in [6, 6.07) is 10.2. The van der Waals surface area contributed by atoms with Gasteiger partial charge in [-0.1, -0.05) is 18.2 Å². The highest BCUT2D eigenvalue weighted by atomic mass is 16.5. The Hall–Kier alpha value is -2.56. The number of imidazole rings is 1. The van der Waals surface area contributed by atoms with Crippen LogP contribution in [-0.2, 0) is 7.05 Å². The number of fused-ring (bicyclic) bond motifs is 2. The van der Waals surface area contributed by atoms with Crippen LogP contribution in [0.15, 0.2) is 42.9 Å². The molecule has 1 N–H and O–H groups in total. The summed E-state index contributed by atoms with van der Waals surface area (Å²) in [5.41, 5.74) is 3.12. The van der Waals surface area contributed by atoms with E-state index < -0.39 is 0 Å². The molecule has 100 valence electrons. The maximum Gasteiger partial charge on any atom is 0.154 e. The maximum absolute atomic E-state index is 5.68. The van der Waals surface area contributed by atoms with Crippen molar-refractivity contribution in [3.63, 3.8) is 0 Å².